The van der Waals surface area contributed by atoms with Crippen LogP contribution in [0.5, 0.6) is 0 Å². The number of amides is 2. The highest BCUT2D eigenvalue weighted by molar-refractivity contribution is 5.93. The van der Waals surface area contributed by atoms with E-state index >= 15 is 0 Å². The summed E-state index contributed by atoms with van der Waals surface area (Å²) in [7, 11) is 0. The van der Waals surface area contributed by atoms with E-state index in [9.17, 15) is 4.79 Å². The first-order valence-corrected chi connectivity index (χ1v) is 9.30. The van der Waals surface area contributed by atoms with Crippen LogP contribution < -0.4 is 15.5 Å². The van der Waals surface area contributed by atoms with Gasteiger partial charge in [-0.25, -0.2) is 14.8 Å². The summed E-state index contributed by atoms with van der Waals surface area (Å²) in [6, 6.07) is 15.7. The van der Waals surface area contributed by atoms with Crippen LogP contribution in [0.15, 0.2) is 48.5 Å². The molecular weight excluding hydrogens is 338 g/mol. The number of rotatable bonds is 4. The Kier molecular flexibility index (Phi) is 4.87. The molecule has 4 rings (SSSR count). The van der Waals surface area contributed by atoms with Crippen molar-refractivity contribution in [1.29, 1.82) is 0 Å². The number of carbonyl (C=O) groups is 1. The standard InChI is InChI=1S/C21H23N5O/c1-15-12-20(26-10-4-5-11-26)25-19(23-15)14-22-21(27)24-18-9-8-16-6-2-3-7-17(16)13-18/h2-3,6-9,12-13H,4-5,10-11,14H2,1H3,(H2,22,24,27). The number of hydrogen-bond donors (Lipinski definition) is 2. The number of benzene rings is 2. The van der Waals surface area contributed by atoms with Crippen molar-refractivity contribution < 1.29 is 4.79 Å². The van der Waals surface area contributed by atoms with Gasteiger partial charge in [0.25, 0.3) is 0 Å². The topological polar surface area (TPSA) is 70.2 Å². The highest BCUT2D eigenvalue weighted by Crippen LogP contribution is 2.19. The van der Waals surface area contributed by atoms with E-state index < -0.39 is 0 Å². The molecule has 3 aromatic rings. The Morgan fingerprint density at radius 1 is 1.04 bits per heavy atom. The fraction of sp³-hybridized carbons (Fsp3) is 0.286. The maximum Gasteiger partial charge on any atom is 0.319 e. The summed E-state index contributed by atoms with van der Waals surface area (Å²) in [4.78, 5) is 23.6. The third kappa shape index (κ3) is 4.16. The molecule has 138 valence electrons. The number of urea groups is 1. The van der Waals surface area contributed by atoms with Gasteiger partial charge in [-0.05, 0) is 42.7 Å². The molecule has 6 heteroatoms. The largest absolute Gasteiger partial charge is 0.357 e. The average Bonchev–Trinajstić information content (AvgIpc) is 3.21. The monoisotopic (exact) mass is 361 g/mol. The van der Waals surface area contributed by atoms with Crippen molar-refractivity contribution in [2.75, 3.05) is 23.3 Å². The zero-order valence-corrected chi connectivity index (χ0v) is 15.4. The van der Waals surface area contributed by atoms with Gasteiger partial charge < -0.3 is 15.5 Å². The average molecular weight is 361 g/mol. The number of aromatic nitrogens is 2. The van der Waals surface area contributed by atoms with E-state index in [4.69, 9.17) is 0 Å². The van der Waals surface area contributed by atoms with Gasteiger partial charge in [-0.3, -0.25) is 0 Å². The molecule has 0 radical (unpaired) electrons. The lowest BCUT2D eigenvalue weighted by Crippen LogP contribution is -2.29. The van der Waals surface area contributed by atoms with Crippen LogP contribution in [0.1, 0.15) is 24.4 Å². The second-order valence-electron chi connectivity index (χ2n) is 6.85. The van der Waals surface area contributed by atoms with Gasteiger partial charge in [0.05, 0.1) is 6.54 Å². The van der Waals surface area contributed by atoms with Crippen molar-refractivity contribution in [2.24, 2.45) is 0 Å². The van der Waals surface area contributed by atoms with Gasteiger partial charge in [0.2, 0.25) is 0 Å². The quantitative estimate of drug-likeness (QED) is 0.740. The zero-order chi connectivity index (χ0) is 18.6. The van der Waals surface area contributed by atoms with Crippen molar-refractivity contribution in [2.45, 2.75) is 26.3 Å². The van der Waals surface area contributed by atoms with E-state index in [0.29, 0.717) is 12.4 Å². The van der Waals surface area contributed by atoms with Gasteiger partial charge >= 0.3 is 6.03 Å². The lowest BCUT2D eigenvalue weighted by Gasteiger charge is -2.17. The molecule has 1 fully saturated rings. The van der Waals surface area contributed by atoms with Crippen LogP contribution >= 0.6 is 0 Å². The fourth-order valence-electron chi connectivity index (χ4n) is 3.40. The lowest BCUT2D eigenvalue weighted by atomic mass is 10.1. The van der Waals surface area contributed by atoms with Crippen molar-refractivity contribution >= 4 is 28.3 Å². The second-order valence-corrected chi connectivity index (χ2v) is 6.85. The van der Waals surface area contributed by atoms with E-state index in [2.05, 4.69) is 25.5 Å². The number of carbonyl (C=O) groups excluding carboxylic acids is 1. The minimum Gasteiger partial charge on any atom is -0.357 e. The molecule has 0 spiro atoms. The molecule has 0 unspecified atom stereocenters. The van der Waals surface area contributed by atoms with E-state index in [1.165, 1.54) is 12.8 Å². The Balaban J connectivity index is 1.39. The molecule has 1 aromatic heterocycles. The van der Waals surface area contributed by atoms with E-state index in [1.54, 1.807) is 0 Å². The summed E-state index contributed by atoms with van der Waals surface area (Å²) < 4.78 is 0. The molecule has 0 atom stereocenters. The summed E-state index contributed by atoms with van der Waals surface area (Å²) in [5.74, 6) is 1.58. The number of hydrogen-bond acceptors (Lipinski definition) is 4. The van der Waals surface area contributed by atoms with Gasteiger partial charge in [-0.1, -0.05) is 30.3 Å². The van der Waals surface area contributed by atoms with Crippen molar-refractivity contribution in [3.8, 4) is 0 Å². The third-order valence-corrected chi connectivity index (χ3v) is 4.73. The summed E-state index contributed by atoms with van der Waals surface area (Å²) in [5.41, 5.74) is 1.67. The maximum absolute atomic E-state index is 12.3. The maximum atomic E-state index is 12.3. The third-order valence-electron chi connectivity index (χ3n) is 4.73. The Hall–Kier alpha value is -3.15. The first kappa shape index (κ1) is 17.3. The second kappa shape index (κ2) is 7.61. The number of aryl methyl sites for hydroxylation is 1. The lowest BCUT2D eigenvalue weighted by molar-refractivity contribution is 0.251. The smallest absolute Gasteiger partial charge is 0.319 e. The first-order chi connectivity index (χ1) is 13.2. The van der Waals surface area contributed by atoms with Gasteiger partial charge in [0.1, 0.15) is 11.6 Å². The van der Waals surface area contributed by atoms with Crippen molar-refractivity contribution in [3.05, 3.63) is 60.0 Å². The van der Waals surface area contributed by atoms with Crippen LogP contribution in [0.4, 0.5) is 16.3 Å². The normalized spacial score (nSPS) is 13.7. The molecule has 1 aliphatic rings. The van der Waals surface area contributed by atoms with Crippen LogP contribution in [0.3, 0.4) is 0 Å². The number of nitrogens with one attached hydrogen (secondary N) is 2. The number of nitrogens with zero attached hydrogens (tertiary/aromatic N) is 3. The van der Waals surface area contributed by atoms with Crippen LogP contribution in [0, 0.1) is 6.92 Å². The van der Waals surface area contributed by atoms with Gasteiger partial charge in [0, 0.05) is 30.5 Å². The zero-order valence-electron chi connectivity index (χ0n) is 15.4. The summed E-state index contributed by atoms with van der Waals surface area (Å²) in [5, 5.41) is 7.95. The molecule has 2 N–H and O–H groups in total. The minimum atomic E-state index is -0.266. The Labute approximate surface area is 158 Å². The van der Waals surface area contributed by atoms with Crippen LogP contribution in [0.2, 0.25) is 0 Å². The minimum absolute atomic E-state index is 0.266. The van der Waals surface area contributed by atoms with Crippen molar-refractivity contribution in [1.82, 2.24) is 15.3 Å². The molecular formula is C21H23N5O. The number of anilines is 2. The molecule has 27 heavy (non-hydrogen) atoms. The van der Waals surface area contributed by atoms with Crippen LogP contribution in [0.25, 0.3) is 10.8 Å². The Morgan fingerprint density at radius 2 is 1.81 bits per heavy atom. The molecule has 0 aliphatic carbocycles. The van der Waals surface area contributed by atoms with Gasteiger partial charge in [0.15, 0.2) is 0 Å². The molecule has 1 saturated heterocycles. The van der Waals surface area contributed by atoms with E-state index in [1.807, 2.05) is 55.5 Å². The fourth-order valence-corrected chi connectivity index (χ4v) is 3.40. The molecule has 0 bridgehead atoms. The van der Waals surface area contributed by atoms with Crippen LogP contribution in [-0.4, -0.2) is 29.1 Å². The molecule has 2 aromatic carbocycles. The Bertz CT molecular complexity index is 966. The highest BCUT2D eigenvalue weighted by atomic mass is 16.2. The number of fused-ring (bicyclic) bond motifs is 1. The summed E-state index contributed by atoms with van der Waals surface area (Å²) in [6.45, 7) is 4.32. The van der Waals surface area contributed by atoms with E-state index in [-0.39, 0.29) is 6.03 Å². The molecule has 2 amide bonds. The first-order valence-electron chi connectivity index (χ1n) is 9.30. The van der Waals surface area contributed by atoms with Gasteiger partial charge in [-0.2, -0.15) is 0 Å². The van der Waals surface area contributed by atoms with E-state index in [0.717, 1.165) is 41.1 Å². The van der Waals surface area contributed by atoms with Gasteiger partial charge in [-0.15, -0.1) is 0 Å². The summed E-state index contributed by atoms with van der Waals surface area (Å²) >= 11 is 0. The van der Waals surface area contributed by atoms with Crippen LogP contribution in [-0.2, 0) is 6.54 Å². The predicted molar refractivity (Wildman–Crippen MR) is 108 cm³/mol. The molecule has 6 nitrogen and oxygen atoms in total. The van der Waals surface area contributed by atoms with Crippen molar-refractivity contribution in [3.63, 3.8) is 0 Å². The summed E-state index contributed by atoms with van der Waals surface area (Å²) in [6.07, 6.45) is 2.40. The molecule has 1 aliphatic heterocycles. The highest BCUT2D eigenvalue weighted by Gasteiger charge is 2.15. The molecule has 0 saturated carbocycles. The SMILES string of the molecule is Cc1cc(N2CCCC2)nc(CNC(=O)Nc2ccc3ccccc3c2)n1. The molecule has 2 heterocycles. The predicted octanol–water partition coefficient (Wildman–Crippen LogP) is 3.86. The Morgan fingerprint density at radius 3 is 2.63 bits per heavy atom.